The molecule has 1 aliphatic heterocycles. The fraction of sp³-hybridized carbons (Fsp3) is 0.583. The van der Waals surface area contributed by atoms with E-state index in [1.54, 1.807) is 24.7 Å². The van der Waals surface area contributed by atoms with Crippen molar-refractivity contribution in [1.29, 1.82) is 0 Å². The molecule has 18 heavy (non-hydrogen) atoms. The second kappa shape index (κ2) is 4.75. The van der Waals surface area contributed by atoms with Gasteiger partial charge in [-0.05, 0) is 19.8 Å². The van der Waals surface area contributed by atoms with Crippen LogP contribution in [-0.4, -0.2) is 35.4 Å². The third-order valence-electron chi connectivity index (χ3n) is 3.38. The molecular formula is C12H17N3O2S. The number of hydrogen-bond acceptors (Lipinski definition) is 3. The maximum Gasteiger partial charge on any atom is 0.262 e. The number of terminal acetylenes is 1. The molecular weight excluding hydrogens is 250 g/mol. The Morgan fingerprint density at radius 2 is 2.06 bits per heavy atom. The molecule has 6 heteroatoms. The third kappa shape index (κ3) is 2.28. The first-order chi connectivity index (χ1) is 8.45. The second-order valence-corrected chi connectivity index (χ2v) is 6.47. The summed E-state index contributed by atoms with van der Waals surface area (Å²) in [7, 11) is -1.68. The summed E-state index contributed by atoms with van der Waals surface area (Å²) in [4.78, 5) is 4.09. The van der Waals surface area contributed by atoms with Gasteiger partial charge in [0.05, 0.1) is 0 Å². The molecule has 0 atom stereocenters. The van der Waals surface area contributed by atoms with Crippen LogP contribution in [0, 0.1) is 25.2 Å². The normalized spacial score (nSPS) is 18.7. The monoisotopic (exact) mass is 267 g/mol. The molecule has 1 aromatic heterocycles. The van der Waals surface area contributed by atoms with Gasteiger partial charge in [-0.1, -0.05) is 0 Å². The Morgan fingerprint density at radius 1 is 1.44 bits per heavy atom. The van der Waals surface area contributed by atoms with Gasteiger partial charge in [0.2, 0.25) is 0 Å². The molecule has 0 amide bonds. The maximum absolute atomic E-state index is 12.3. The van der Waals surface area contributed by atoms with Crippen molar-refractivity contribution in [2.45, 2.75) is 24.8 Å². The van der Waals surface area contributed by atoms with Crippen LogP contribution < -0.4 is 0 Å². The predicted molar refractivity (Wildman–Crippen MR) is 68.3 cm³/mol. The van der Waals surface area contributed by atoms with Crippen molar-refractivity contribution in [3.05, 3.63) is 12.0 Å². The van der Waals surface area contributed by atoms with Crippen molar-refractivity contribution < 1.29 is 8.42 Å². The molecule has 0 aliphatic carbocycles. The first kappa shape index (κ1) is 13.1. The lowest BCUT2D eigenvalue weighted by Gasteiger charge is -2.28. The van der Waals surface area contributed by atoms with Crippen LogP contribution in [0.15, 0.2) is 11.2 Å². The van der Waals surface area contributed by atoms with Crippen LogP contribution in [-0.2, 0) is 17.1 Å². The number of hydrogen-bond donors (Lipinski definition) is 0. The fourth-order valence-corrected chi connectivity index (χ4v) is 3.54. The fourth-order valence-electron chi connectivity index (χ4n) is 2.05. The Bertz CT molecular complexity index is 555. The summed E-state index contributed by atoms with van der Waals surface area (Å²) in [5.41, 5.74) is 0. The molecule has 0 spiro atoms. The minimum atomic E-state index is -3.46. The summed E-state index contributed by atoms with van der Waals surface area (Å²) >= 11 is 0. The predicted octanol–water partition coefficient (Wildman–Crippen LogP) is 0.762. The molecule has 0 bridgehead atoms. The average molecular weight is 267 g/mol. The molecule has 0 radical (unpaired) electrons. The number of piperidine rings is 1. The van der Waals surface area contributed by atoms with Gasteiger partial charge in [0, 0.05) is 32.3 Å². The van der Waals surface area contributed by atoms with E-state index in [0.717, 1.165) is 12.8 Å². The van der Waals surface area contributed by atoms with Crippen LogP contribution in [0.25, 0.3) is 0 Å². The highest BCUT2D eigenvalue weighted by molar-refractivity contribution is 7.89. The molecule has 98 valence electrons. The Labute approximate surface area is 108 Å². The van der Waals surface area contributed by atoms with Crippen molar-refractivity contribution in [2.24, 2.45) is 13.0 Å². The zero-order chi connectivity index (χ0) is 13.3. The van der Waals surface area contributed by atoms with E-state index in [1.165, 1.54) is 4.31 Å². The molecule has 1 aliphatic rings. The van der Waals surface area contributed by atoms with Crippen molar-refractivity contribution >= 4 is 10.0 Å². The zero-order valence-corrected chi connectivity index (χ0v) is 11.4. The van der Waals surface area contributed by atoms with Crippen molar-refractivity contribution in [3.63, 3.8) is 0 Å². The lowest BCUT2D eigenvalue weighted by Crippen LogP contribution is -2.38. The molecule has 5 nitrogen and oxygen atoms in total. The maximum atomic E-state index is 12.3. The smallest absolute Gasteiger partial charge is 0.262 e. The summed E-state index contributed by atoms with van der Waals surface area (Å²) in [5, 5.41) is 0.127. The lowest BCUT2D eigenvalue weighted by atomic mass is 10.00. The van der Waals surface area contributed by atoms with Crippen molar-refractivity contribution in [1.82, 2.24) is 13.9 Å². The van der Waals surface area contributed by atoms with Crippen LogP contribution in [0.2, 0.25) is 0 Å². The number of nitrogens with zero attached hydrogens (tertiary/aromatic N) is 3. The van der Waals surface area contributed by atoms with Crippen LogP contribution in [0.5, 0.6) is 0 Å². The molecule has 1 saturated heterocycles. The van der Waals surface area contributed by atoms with E-state index in [9.17, 15) is 8.42 Å². The Hall–Kier alpha value is -1.32. The summed E-state index contributed by atoms with van der Waals surface area (Å²) in [5.74, 6) is 3.57. The van der Waals surface area contributed by atoms with E-state index in [0.29, 0.717) is 18.9 Å². The van der Waals surface area contributed by atoms with E-state index >= 15 is 0 Å². The van der Waals surface area contributed by atoms with E-state index in [-0.39, 0.29) is 10.9 Å². The summed E-state index contributed by atoms with van der Waals surface area (Å²) < 4.78 is 27.9. The van der Waals surface area contributed by atoms with Gasteiger partial charge in [-0.15, -0.1) is 12.3 Å². The SMILES string of the molecule is C#CC1CCN(S(=O)(=O)c2cn(C)c(C)n2)CC1. The van der Waals surface area contributed by atoms with Gasteiger partial charge in [0.1, 0.15) is 5.82 Å². The van der Waals surface area contributed by atoms with E-state index in [1.807, 2.05) is 0 Å². The molecule has 0 unspecified atom stereocenters. The molecule has 1 fully saturated rings. The van der Waals surface area contributed by atoms with Gasteiger partial charge in [-0.25, -0.2) is 13.4 Å². The average Bonchev–Trinajstić information content (AvgIpc) is 2.70. The number of rotatable bonds is 2. The summed E-state index contributed by atoms with van der Waals surface area (Å²) in [6.45, 7) is 2.74. The van der Waals surface area contributed by atoms with Gasteiger partial charge >= 0.3 is 0 Å². The first-order valence-corrected chi connectivity index (χ1v) is 7.35. The molecule has 0 saturated carbocycles. The second-order valence-electron chi connectivity index (χ2n) is 4.58. The van der Waals surface area contributed by atoms with E-state index in [4.69, 9.17) is 6.42 Å². The minimum Gasteiger partial charge on any atom is -0.337 e. The summed E-state index contributed by atoms with van der Waals surface area (Å²) in [6, 6.07) is 0. The number of sulfonamides is 1. The molecule has 2 rings (SSSR count). The number of aryl methyl sites for hydroxylation is 2. The van der Waals surface area contributed by atoms with Gasteiger partial charge in [-0.3, -0.25) is 0 Å². The van der Waals surface area contributed by atoms with Crippen LogP contribution in [0.3, 0.4) is 0 Å². The number of aromatic nitrogens is 2. The molecule has 0 N–H and O–H groups in total. The Kier molecular flexibility index (Phi) is 3.46. The standard InChI is InChI=1S/C12H17N3O2S/c1-4-11-5-7-15(8-6-11)18(16,17)12-9-14(3)10(2)13-12/h1,9,11H,5-8H2,2-3H3. The highest BCUT2D eigenvalue weighted by Crippen LogP contribution is 2.22. The van der Waals surface area contributed by atoms with Gasteiger partial charge in [0.25, 0.3) is 10.0 Å². The Balaban J connectivity index is 2.20. The largest absolute Gasteiger partial charge is 0.337 e. The topological polar surface area (TPSA) is 55.2 Å². The van der Waals surface area contributed by atoms with Gasteiger partial charge in [-0.2, -0.15) is 4.31 Å². The number of imidazole rings is 1. The van der Waals surface area contributed by atoms with E-state index in [2.05, 4.69) is 10.9 Å². The Morgan fingerprint density at radius 3 is 2.50 bits per heavy atom. The summed E-state index contributed by atoms with van der Waals surface area (Å²) in [6.07, 6.45) is 8.36. The molecule has 2 heterocycles. The quantitative estimate of drug-likeness (QED) is 0.743. The lowest BCUT2D eigenvalue weighted by molar-refractivity contribution is 0.310. The first-order valence-electron chi connectivity index (χ1n) is 5.91. The van der Waals surface area contributed by atoms with Gasteiger partial charge in [0.15, 0.2) is 5.03 Å². The molecule has 0 aromatic carbocycles. The minimum absolute atomic E-state index is 0.127. The van der Waals surface area contributed by atoms with Crippen LogP contribution in [0.4, 0.5) is 0 Å². The highest BCUT2D eigenvalue weighted by Gasteiger charge is 2.30. The van der Waals surface area contributed by atoms with E-state index < -0.39 is 10.0 Å². The van der Waals surface area contributed by atoms with Crippen LogP contribution in [0.1, 0.15) is 18.7 Å². The van der Waals surface area contributed by atoms with Crippen molar-refractivity contribution in [2.75, 3.05) is 13.1 Å². The van der Waals surface area contributed by atoms with Gasteiger partial charge < -0.3 is 4.57 Å². The van der Waals surface area contributed by atoms with Crippen LogP contribution >= 0.6 is 0 Å². The highest BCUT2D eigenvalue weighted by atomic mass is 32.2. The molecule has 1 aromatic rings. The zero-order valence-electron chi connectivity index (χ0n) is 10.6. The third-order valence-corrected chi connectivity index (χ3v) is 5.15. The van der Waals surface area contributed by atoms with Crippen molar-refractivity contribution in [3.8, 4) is 12.3 Å².